The lowest BCUT2D eigenvalue weighted by Gasteiger charge is -2.28. The summed E-state index contributed by atoms with van der Waals surface area (Å²) >= 11 is 0. The summed E-state index contributed by atoms with van der Waals surface area (Å²) in [5.74, 6) is -0.230. The summed E-state index contributed by atoms with van der Waals surface area (Å²) in [7, 11) is 0. The fourth-order valence-electron chi connectivity index (χ4n) is 2.76. The van der Waals surface area contributed by atoms with Crippen molar-refractivity contribution in [2.75, 3.05) is 19.6 Å². The first kappa shape index (κ1) is 16.7. The van der Waals surface area contributed by atoms with Crippen LogP contribution in [0.2, 0.25) is 0 Å². The van der Waals surface area contributed by atoms with E-state index in [2.05, 4.69) is 15.5 Å². The molecule has 0 radical (unpaired) electrons. The highest BCUT2D eigenvalue weighted by Gasteiger charge is 2.24. The minimum Gasteiger partial charge on any atom is -0.336 e. The van der Waals surface area contributed by atoms with Crippen molar-refractivity contribution in [2.24, 2.45) is 0 Å². The Hall–Kier alpha value is -1.62. The van der Waals surface area contributed by atoms with Crippen molar-refractivity contribution in [3.63, 3.8) is 0 Å². The maximum atomic E-state index is 13.1. The van der Waals surface area contributed by atoms with E-state index in [1.165, 1.54) is 25.0 Å². The number of hydrogen-bond acceptors (Lipinski definition) is 2. The molecule has 1 aromatic carbocycles. The SMILES string of the molecule is CCC(C)NC(=O)NCC(c1ccc(F)cc1)N1CCCC1. The summed E-state index contributed by atoms with van der Waals surface area (Å²) in [4.78, 5) is 14.3. The van der Waals surface area contributed by atoms with Gasteiger partial charge in [-0.2, -0.15) is 0 Å². The molecule has 1 aliphatic heterocycles. The van der Waals surface area contributed by atoms with Crippen molar-refractivity contribution in [1.82, 2.24) is 15.5 Å². The van der Waals surface area contributed by atoms with Crippen LogP contribution in [-0.4, -0.2) is 36.6 Å². The van der Waals surface area contributed by atoms with Gasteiger partial charge in [-0.25, -0.2) is 9.18 Å². The maximum absolute atomic E-state index is 13.1. The highest BCUT2D eigenvalue weighted by atomic mass is 19.1. The summed E-state index contributed by atoms with van der Waals surface area (Å²) in [6.45, 7) is 6.61. The molecule has 2 amide bonds. The van der Waals surface area contributed by atoms with E-state index in [4.69, 9.17) is 0 Å². The van der Waals surface area contributed by atoms with Gasteiger partial charge in [0.15, 0.2) is 0 Å². The van der Waals surface area contributed by atoms with E-state index in [9.17, 15) is 9.18 Å². The molecule has 5 heteroatoms. The van der Waals surface area contributed by atoms with Gasteiger partial charge in [-0.3, -0.25) is 4.90 Å². The molecule has 2 rings (SSSR count). The van der Waals surface area contributed by atoms with E-state index in [1.54, 1.807) is 0 Å². The number of urea groups is 1. The van der Waals surface area contributed by atoms with Gasteiger partial charge in [-0.05, 0) is 57.0 Å². The van der Waals surface area contributed by atoms with E-state index in [1.807, 2.05) is 26.0 Å². The predicted molar refractivity (Wildman–Crippen MR) is 86.2 cm³/mol. The van der Waals surface area contributed by atoms with E-state index in [0.717, 1.165) is 25.1 Å². The van der Waals surface area contributed by atoms with E-state index >= 15 is 0 Å². The summed E-state index contributed by atoms with van der Waals surface area (Å²) < 4.78 is 13.1. The number of likely N-dealkylation sites (tertiary alicyclic amines) is 1. The molecule has 122 valence electrons. The monoisotopic (exact) mass is 307 g/mol. The fourth-order valence-corrected chi connectivity index (χ4v) is 2.76. The van der Waals surface area contributed by atoms with E-state index in [-0.39, 0.29) is 23.9 Å². The molecule has 0 spiro atoms. The Balaban J connectivity index is 1.99. The topological polar surface area (TPSA) is 44.4 Å². The van der Waals surface area contributed by atoms with Gasteiger partial charge < -0.3 is 10.6 Å². The third-order valence-electron chi connectivity index (χ3n) is 4.28. The number of halogens is 1. The molecule has 2 atom stereocenters. The average Bonchev–Trinajstić information content (AvgIpc) is 3.03. The Kier molecular flexibility index (Phi) is 6.19. The molecule has 1 aromatic rings. The molecule has 22 heavy (non-hydrogen) atoms. The molecule has 0 bridgehead atoms. The van der Waals surface area contributed by atoms with Crippen LogP contribution >= 0.6 is 0 Å². The number of carbonyl (C=O) groups excluding carboxylic acids is 1. The zero-order chi connectivity index (χ0) is 15.9. The first-order valence-electron chi connectivity index (χ1n) is 8.14. The summed E-state index contributed by atoms with van der Waals surface area (Å²) in [6, 6.07) is 6.72. The van der Waals surface area contributed by atoms with Gasteiger partial charge in [0.05, 0.1) is 6.04 Å². The molecule has 1 aliphatic rings. The van der Waals surface area contributed by atoms with Crippen molar-refractivity contribution < 1.29 is 9.18 Å². The molecule has 1 heterocycles. The summed E-state index contributed by atoms with van der Waals surface area (Å²) in [5, 5.41) is 5.86. The third-order valence-corrected chi connectivity index (χ3v) is 4.28. The fraction of sp³-hybridized carbons (Fsp3) is 0.588. The molecule has 0 aromatic heterocycles. The smallest absolute Gasteiger partial charge is 0.315 e. The lowest BCUT2D eigenvalue weighted by molar-refractivity contribution is 0.218. The molecule has 0 aliphatic carbocycles. The second-order valence-corrected chi connectivity index (χ2v) is 5.97. The number of rotatable bonds is 6. The van der Waals surface area contributed by atoms with Gasteiger partial charge in [-0.1, -0.05) is 19.1 Å². The summed E-state index contributed by atoms with van der Waals surface area (Å²) in [5.41, 5.74) is 1.05. The molecule has 2 N–H and O–H groups in total. The standard InChI is InChI=1S/C17H26FN3O/c1-3-13(2)20-17(22)19-12-16(21-10-4-5-11-21)14-6-8-15(18)9-7-14/h6-9,13,16H,3-5,10-12H2,1-2H3,(H2,19,20,22). The van der Waals surface area contributed by atoms with Gasteiger partial charge in [0.1, 0.15) is 5.82 Å². The molecular weight excluding hydrogens is 281 g/mol. The second-order valence-electron chi connectivity index (χ2n) is 5.97. The normalized spacial score (nSPS) is 18.0. The van der Waals surface area contributed by atoms with Gasteiger partial charge >= 0.3 is 6.03 Å². The Morgan fingerprint density at radius 2 is 1.91 bits per heavy atom. The van der Waals surface area contributed by atoms with Crippen molar-refractivity contribution in [3.05, 3.63) is 35.6 Å². The highest BCUT2D eigenvalue weighted by molar-refractivity contribution is 5.74. The van der Waals surface area contributed by atoms with Crippen LogP contribution in [0.25, 0.3) is 0 Å². The minimum absolute atomic E-state index is 0.103. The number of nitrogens with zero attached hydrogens (tertiary/aromatic N) is 1. The van der Waals surface area contributed by atoms with Gasteiger partial charge in [0.25, 0.3) is 0 Å². The van der Waals surface area contributed by atoms with E-state index in [0.29, 0.717) is 6.54 Å². The number of carbonyl (C=O) groups is 1. The number of nitrogens with one attached hydrogen (secondary N) is 2. The summed E-state index contributed by atoms with van der Waals surface area (Å²) in [6.07, 6.45) is 3.26. The van der Waals surface area contributed by atoms with Crippen LogP contribution in [0.5, 0.6) is 0 Å². The molecular formula is C17H26FN3O. The predicted octanol–water partition coefficient (Wildman–Crippen LogP) is 3.06. The second kappa shape index (κ2) is 8.13. The third kappa shape index (κ3) is 4.70. The van der Waals surface area contributed by atoms with Gasteiger partial charge in [-0.15, -0.1) is 0 Å². The minimum atomic E-state index is -0.230. The largest absolute Gasteiger partial charge is 0.336 e. The van der Waals surface area contributed by atoms with Crippen molar-refractivity contribution in [1.29, 1.82) is 0 Å². The molecule has 1 saturated heterocycles. The Bertz CT molecular complexity index is 471. The molecule has 1 fully saturated rings. The Labute approximate surface area is 132 Å². The molecule has 2 unspecified atom stereocenters. The number of benzene rings is 1. The van der Waals surface area contributed by atoms with Crippen molar-refractivity contribution in [2.45, 2.75) is 45.2 Å². The van der Waals surface area contributed by atoms with Gasteiger partial charge in [0, 0.05) is 12.6 Å². The van der Waals surface area contributed by atoms with Crippen LogP contribution in [0.1, 0.15) is 44.7 Å². The van der Waals surface area contributed by atoms with Crippen molar-refractivity contribution >= 4 is 6.03 Å². The van der Waals surface area contributed by atoms with Crippen LogP contribution in [0.15, 0.2) is 24.3 Å². The van der Waals surface area contributed by atoms with E-state index < -0.39 is 0 Å². The van der Waals surface area contributed by atoms with Crippen LogP contribution in [-0.2, 0) is 0 Å². The quantitative estimate of drug-likeness (QED) is 0.848. The zero-order valence-corrected chi connectivity index (χ0v) is 13.4. The van der Waals surface area contributed by atoms with Crippen LogP contribution in [0.4, 0.5) is 9.18 Å². The number of hydrogen-bond donors (Lipinski definition) is 2. The lowest BCUT2D eigenvalue weighted by Crippen LogP contribution is -2.44. The number of amides is 2. The lowest BCUT2D eigenvalue weighted by atomic mass is 10.1. The highest BCUT2D eigenvalue weighted by Crippen LogP contribution is 2.24. The van der Waals surface area contributed by atoms with Crippen molar-refractivity contribution in [3.8, 4) is 0 Å². The zero-order valence-electron chi connectivity index (χ0n) is 13.4. The van der Waals surface area contributed by atoms with Crippen LogP contribution in [0, 0.1) is 5.82 Å². The maximum Gasteiger partial charge on any atom is 0.315 e. The van der Waals surface area contributed by atoms with Crippen LogP contribution < -0.4 is 10.6 Å². The molecule has 0 saturated carbocycles. The first-order valence-corrected chi connectivity index (χ1v) is 8.14. The van der Waals surface area contributed by atoms with Gasteiger partial charge in [0.2, 0.25) is 0 Å². The average molecular weight is 307 g/mol. The Morgan fingerprint density at radius 3 is 2.50 bits per heavy atom. The Morgan fingerprint density at radius 1 is 1.27 bits per heavy atom. The first-order chi connectivity index (χ1) is 10.6. The molecule has 4 nitrogen and oxygen atoms in total. The van der Waals surface area contributed by atoms with Crippen LogP contribution in [0.3, 0.4) is 0 Å².